The summed E-state index contributed by atoms with van der Waals surface area (Å²) in [6.45, 7) is 4.17. The molecule has 1 N–H and O–H groups in total. The number of carbonyl (C=O) groups excluding carboxylic acids is 1. The number of rotatable bonds is 3. The van der Waals surface area contributed by atoms with E-state index in [0.29, 0.717) is 13.1 Å². The van der Waals surface area contributed by atoms with Gasteiger partial charge in [-0.3, -0.25) is 4.79 Å². The van der Waals surface area contributed by atoms with Crippen LogP contribution in [0.4, 0.5) is 5.69 Å². The van der Waals surface area contributed by atoms with Gasteiger partial charge in [-0.25, -0.2) is 4.98 Å². The van der Waals surface area contributed by atoms with Crippen LogP contribution in [-0.2, 0) is 13.1 Å². The number of fused-ring (bicyclic) bond motifs is 2. The van der Waals surface area contributed by atoms with E-state index < -0.39 is 0 Å². The molecule has 5 nitrogen and oxygen atoms in total. The second-order valence-corrected chi connectivity index (χ2v) is 7.89. The number of hydrogen-bond acceptors (Lipinski definition) is 3. The lowest BCUT2D eigenvalue weighted by molar-refractivity contribution is 0.0741. The van der Waals surface area contributed by atoms with Crippen LogP contribution in [0.3, 0.4) is 0 Å². The first-order valence-electron chi connectivity index (χ1n) is 10.3. The maximum Gasteiger partial charge on any atom is 0.254 e. The summed E-state index contributed by atoms with van der Waals surface area (Å²) in [6, 6.07) is 22.6. The minimum Gasteiger partial charge on any atom is -0.361 e. The lowest BCUT2D eigenvalue weighted by atomic mass is 10.0. The van der Waals surface area contributed by atoms with Crippen LogP contribution in [0.1, 0.15) is 28.5 Å². The van der Waals surface area contributed by atoms with Crippen molar-refractivity contribution in [2.24, 2.45) is 0 Å². The van der Waals surface area contributed by atoms with Crippen molar-refractivity contribution in [1.82, 2.24) is 14.9 Å². The molecule has 30 heavy (non-hydrogen) atoms. The number of benzene rings is 3. The summed E-state index contributed by atoms with van der Waals surface area (Å²) in [4.78, 5) is 25.3. The quantitative estimate of drug-likeness (QED) is 0.550. The van der Waals surface area contributed by atoms with Gasteiger partial charge in [-0.2, -0.15) is 0 Å². The van der Waals surface area contributed by atoms with E-state index in [1.165, 1.54) is 5.69 Å². The smallest absolute Gasteiger partial charge is 0.254 e. The molecule has 150 valence electrons. The Labute approximate surface area is 176 Å². The number of nitrogens with zero attached hydrogens (tertiary/aromatic N) is 3. The highest BCUT2D eigenvalue weighted by molar-refractivity contribution is 6.07. The van der Waals surface area contributed by atoms with Gasteiger partial charge in [0.2, 0.25) is 0 Å². The predicted octanol–water partition coefficient (Wildman–Crippen LogP) is 4.61. The van der Waals surface area contributed by atoms with Crippen molar-refractivity contribution in [2.45, 2.75) is 26.1 Å². The van der Waals surface area contributed by atoms with Gasteiger partial charge in [-0.1, -0.05) is 54.6 Å². The largest absolute Gasteiger partial charge is 0.361 e. The third-order valence-corrected chi connectivity index (χ3v) is 5.88. The fraction of sp³-hybridized carbons (Fsp3) is 0.200. The van der Waals surface area contributed by atoms with Crippen LogP contribution < -0.4 is 4.90 Å². The highest BCUT2D eigenvalue weighted by Gasteiger charge is 2.29. The normalized spacial score (nSPS) is 16.4. The Balaban J connectivity index is 1.51. The summed E-state index contributed by atoms with van der Waals surface area (Å²) in [7, 11) is 0. The summed E-state index contributed by atoms with van der Waals surface area (Å²) in [6.07, 6.45) is 3.57. The average molecular weight is 396 g/mol. The minimum atomic E-state index is 0.0804. The Bertz CT molecular complexity index is 1180. The molecular weight excluding hydrogens is 372 g/mol. The van der Waals surface area contributed by atoms with Crippen molar-refractivity contribution < 1.29 is 4.79 Å². The lowest BCUT2D eigenvalue weighted by Gasteiger charge is -2.31. The zero-order valence-electron chi connectivity index (χ0n) is 17.0. The molecule has 0 bridgehead atoms. The van der Waals surface area contributed by atoms with Crippen LogP contribution in [0.5, 0.6) is 0 Å². The SMILES string of the molecule is CC1CN(C(=O)c2cccc3ccccc23)Cc2ccccc2N1Cc1cnc[nH]1. The van der Waals surface area contributed by atoms with Crippen molar-refractivity contribution in [1.29, 1.82) is 0 Å². The Morgan fingerprint density at radius 3 is 2.73 bits per heavy atom. The third kappa shape index (κ3) is 3.32. The number of para-hydroxylation sites is 1. The van der Waals surface area contributed by atoms with Gasteiger partial charge in [0, 0.05) is 36.6 Å². The molecule has 0 radical (unpaired) electrons. The summed E-state index contributed by atoms with van der Waals surface area (Å²) >= 11 is 0. The Kier molecular flexibility index (Phi) is 4.71. The fourth-order valence-corrected chi connectivity index (χ4v) is 4.38. The Morgan fingerprint density at radius 1 is 1.07 bits per heavy atom. The van der Waals surface area contributed by atoms with Crippen LogP contribution >= 0.6 is 0 Å². The van der Waals surface area contributed by atoms with Crippen LogP contribution in [0.15, 0.2) is 79.3 Å². The minimum absolute atomic E-state index is 0.0804. The van der Waals surface area contributed by atoms with E-state index in [1.807, 2.05) is 47.5 Å². The van der Waals surface area contributed by atoms with E-state index in [9.17, 15) is 4.79 Å². The fourth-order valence-electron chi connectivity index (χ4n) is 4.38. The van der Waals surface area contributed by atoms with Crippen molar-refractivity contribution in [3.05, 3.63) is 96.1 Å². The molecule has 1 aliphatic rings. The molecule has 0 saturated heterocycles. The van der Waals surface area contributed by atoms with E-state index in [2.05, 4.69) is 52.1 Å². The van der Waals surface area contributed by atoms with Crippen LogP contribution in [0.25, 0.3) is 10.8 Å². The van der Waals surface area contributed by atoms with Gasteiger partial charge in [-0.05, 0) is 35.4 Å². The lowest BCUT2D eigenvalue weighted by Crippen LogP contribution is -2.41. The molecule has 5 heteroatoms. The molecule has 0 spiro atoms. The summed E-state index contributed by atoms with van der Waals surface area (Å²) in [5.74, 6) is 0.0804. The topological polar surface area (TPSA) is 52.2 Å². The molecule has 1 unspecified atom stereocenters. The maximum atomic E-state index is 13.6. The molecule has 1 atom stereocenters. The molecule has 2 heterocycles. The van der Waals surface area contributed by atoms with Crippen molar-refractivity contribution in [3.63, 3.8) is 0 Å². The standard InChI is InChI=1S/C25H24N4O/c1-18-14-28(25(30)23-11-6-9-19-7-2-4-10-22(19)23)15-20-8-3-5-12-24(20)29(18)16-21-13-26-17-27-21/h2-13,17-18H,14-16H2,1H3,(H,26,27). The number of hydrogen-bond donors (Lipinski definition) is 1. The average Bonchev–Trinajstić information content (AvgIpc) is 3.25. The van der Waals surface area contributed by atoms with E-state index in [-0.39, 0.29) is 11.9 Å². The van der Waals surface area contributed by atoms with Gasteiger partial charge >= 0.3 is 0 Å². The van der Waals surface area contributed by atoms with Gasteiger partial charge < -0.3 is 14.8 Å². The molecule has 1 amide bonds. The van der Waals surface area contributed by atoms with Gasteiger partial charge in [0.15, 0.2) is 0 Å². The summed E-state index contributed by atoms with van der Waals surface area (Å²) in [5, 5.41) is 2.09. The summed E-state index contributed by atoms with van der Waals surface area (Å²) in [5.41, 5.74) is 4.16. The highest BCUT2D eigenvalue weighted by Crippen LogP contribution is 2.30. The molecule has 1 aliphatic heterocycles. The molecule has 5 rings (SSSR count). The molecule has 0 saturated carbocycles. The number of amides is 1. The number of aromatic nitrogens is 2. The Hall–Kier alpha value is -3.60. The number of anilines is 1. The molecule has 3 aromatic carbocycles. The van der Waals surface area contributed by atoms with Crippen molar-refractivity contribution >= 4 is 22.4 Å². The van der Waals surface area contributed by atoms with E-state index in [1.54, 1.807) is 6.33 Å². The number of imidazole rings is 1. The highest BCUT2D eigenvalue weighted by atomic mass is 16.2. The zero-order valence-corrected chi connectivity index (χ0v) is 17.0. The second kappa shape index (κ2) is 7.67. The molecule has 1 aromatic heterocycles. The van der Waals surface area contributed by atoms with Crippen LogP contribution in [0, 0.1) is 0 Å². The van der Waals surface area contributed by atoms with E-state index >= 15 is 0 Å². The van der Waals surface area contributed by atoms with Gasteiger partial charge in [0.25, 0.3) is 5.91 Å². The number of carbonyl (C=O) groups is 1. The van der Waals surface area contributed by atoms with Crippen molar-refractivity contribution in [2.75, 3.05) is 11.4 Å². The number of nitrogens with one attached hydrogen (secondary N) is 1. The molecule has 0 fully saturated rings. The molecule has 0 aliphatic carbocycles. The number of aromatic amines is 1. The van der Waals surface area contributed by atoms with Gasteiger partial charge in [0.05, 0.1) is 18.6 Å². The van der Waals surface area contributed by atoms with Crippen LogP contribution in [0.2, 0.25) is 0 Å². The molecule has 4 aromatic rings. The summed E-state index contributed by atoms with van der Waals surface area (Å²) < 4.78 is 0. The predicted molar refractivity (Wildman–Crippen MR) is 119 cm³/mol. The van der Waals surface area contributed by atoms with Crippen molar-refractivity contribution in [3.8, 4) is 0 Å². The first-order chi connectivity index (χ1) is 14.7. The first-order valence-corrected chi connectivity index (χ1v) is 10.3. The third-order valence-electron chi connectivity index (χ3n) is 5.88. The monoisotopic (exact) mass is 396 g/mol. The second-order valence-electron chi connectivity index (χ2n) is 7.89. The molecular formula is C25H24N4O. The van der Waals surface area contributed by atoms with E-state index in [4.69, 9.17) is 0 Å². The van der Waals surface area contributed by atoms with E-state index in [0.717, 1.165) is 34.1 Å². The Morgan fingerprint density at radius 2 is 1.87 bits per heavy atom. The maximum absolute atomic E-state index is 13.6. The first kappa shape index (κ1) is 18.4. The van der Waals surface area contributed by atoms with Crippen LogP contribution in [-0.4, -0.2) is 33.4 Å². The number of H-pyrrole nitrogens is 1. The van der Waals surface area contributed by atoms with Gasteiger partial charge in [-0.15, -0.1) is 0 Å². The zero-order chi connectivity index (χ0) is 20.5. The van der Waals surface area contributed by atoms with Gasteiger partial charge in [0.1, 0.15) is 0 Å².